The maximum Gasteiger partial charge on any atom is 0.239 e. The summed E-state index contributed by atoms with van der Waals surface area (Å²) in [5.74, 6) is 0.318. The molecule has 3 N–H and O–H groups in total. The Bertz CT molecular complexity index is 498. The van der Waals surface area contributed by atoms with E-state index in [1.54, 1.807) is 0 Å². The minimum Gasteiger partial charge on any atom is -0.508 e. The Morgan fingerprint density at radius 2 is 1.86 bits per heavy atom. The molecule has 2 atom stereocenters. The first-order chi connectivity index (χ1) is 9.99. The van der Waals surface area contributed by atoms with Crippen LogP contribution >= 0.6 is 0 Å². The van der Waals surface area contributed by atoms with Crippen LogP contribution in [0.15, 0.2) is 18.2 Å². The quantitative estimate of drug-likeness (QED) is 0.744. The van der Waals surface area contributed by atoms with Crippen LogP contribution in [0.3, 0.4) is 0 Å². The number of piperidine rings is 1. The average Bonchev–Trinajstić information content (AvgIpc) is 2.49. The van der Waals surface area contributed by atoms with Gasteiger partial charge in [-0.3, -0.25) is 10.1 Å². The maximum absolute atomic E-state index is 12.4. The maximum atomic E-state index is 12.4. The van der Waals surface area contributed by atoms with E-state index in [1.807, 2.05) is 18.7 Å². The number of phenolic OH excluding ortho intramolecular Hbond substituents is 2. The van der Waals surface area contributed by atoms with Crippen LogP contribution in [0.25, 0.3) is 0 Å². The van der Waals surface area contributed by atoms with Crippen LogP contribution in [0.4, 0.5) is 0 Å². The first kappa shape index (κ1) is 15.6. The standard InChI is InChI=1S/C16H24N2O3/c1-11(14-10-13(19)6-7-15(14)20)17-12(2)16(21)18-8-4-3-5-9-18/h6-7,10-12,17,19-20H,3-5,8-9H2,1-2H3. The van der Waals surface area contributed by atoms with Gasteiger partial charge in [0.25, 0.3) is 0 Å². The summed E-state index contributed by atoms with van der Waals surface area (Å²) in [5, 5.41) is 22.6. The van der Waals surface area contributed by atoms with Crippen LogP contribution in [0.1, 0.15) is 44.7 Å². The predicted molar refractivity (Wildman–Crippen MR) is 81.2 cm³/mol. The van der Waals surface area contributed by atoms with Crippen molar-refractivity contribution < 1.29 is 15.0 Å². The minimum atomic E-state index is -0.320. The molecular formula is C16H24N2O3. The Labute approximate surface area is 125 Å². The van der Waals surface area contributed by atoms with Crippen LogP contribution in [0.2, 0.25) is 0 Å². The number of hydrogen-bond acceptors (Lipinski definition) is 4. The lowest BCUT2D eigenvalue weighted by molar-refractivity contribution is -0.134. The van der Waals surface area contributed by atoms with Crippen LogP contribution in [0, 0.1) is 0 Å². The van der Waals surface area contributed by atoms with E-state index in [0.717, 1.165) is 25.9 Å². The molecule has 0 aliphatic carbocycles. The number of rotatable bonds is 4. The SMILES string of the molecule is CC(NC(C)c1cc(O)ccc1O)C(=O)N1CCCCC1. The zero-order chi connectivity index (χ0) is 15.4. The molecule has 1 aromatic carbocycles. The van der Waals surface area contributed by atoms with Crippen molar-refractivity contribution in [2.45, 2.75) is 45.2 Å². The van der Waals surface area contributed by atoms with E-state index in [2.05, 4.69) is 5.32 Å². The van der Waals surface area contributed by atoms with Gasteiger partial charge >= 0.3 is 0 Å². The molecular weight excluding hydrogens is 268 g/mol. The molecule has 0 spiro atoms. The van der Waals surface area contributed by atoms with Gasteiger partial charge in [0, 0.05) is 24.7 Å². The van der Waals surface area contributed by atoms with Gasteiger partial charge in [-0.25, -0.2) is 0 Å². The summed E-state index contributed by atoms with van der Waals surface area (Å²) in [6.07, 6.45) is 3.34. The number of aromatic hydroxyl groups is 2. The van der Waals surface area contributed by atoms with E-state index in [-0.39, 0.29) is 29.5 Å². The number of hydrogen-bond donors (Lipinski definition) is 3. The second kappa shape index (κ2) is 6.80. The Kier molecular flexibility index (Phi) is 5.07. The lowest BCUT2D eigenvalue weighted by atomic mass is 10.1. The fourth-order valence-corrected chi connectivity index (χ4v) is 2.81. The Balaban J connectivity index is 1.99. The molecule has 1 heterocycles. The largest absolute Gasteiger partial charge is 0.508 e. The molecule has 116 valence electrons. The first-order valence-corrected chi connectivity index (χ1v) is 7.55. The Hall–Kier alpha value is -1.75. The number of likely N-dealkylation sites (tertiary alicyclic amines) is 1. The van der Waals surface area contributed by atoms with Crippen molar-refractivity contribution >= 4 is 5.91 Å². The van der Waals surface area contributed by atoms with Crippen molar-refractivity contribution in [1.82, 2.24) is 10.2 Å². The molecule has 2 rings (SSSR count). The van der Waals surface area contributed by atoms with Crippen molar-refractivity contribution in [3.8, 4) is 11.5 Å². The van der Waals surface area contributed by atoms with Crippen LogP contribution in [-0.4, -0.2) is 40.2 Å². The van der Waals surface area contributed by atoms with E-state index in [9.17, 15) is 15.0 Å². The number of phenols is 2. The smallest absolute Gasteiger partial charge is 0.239 e. The topological polar surface area (TPSA) is 72.8 Å². The highest BCUT2D eigenvalue weighted by molar-refractivity contribution is 5.81. The van der Waals surface area contributed by atoms with Gasteiger partial charge in [-0.2, -0.15) is 0 Å². The van der Waals surface area contributed by atoms with Gasteiger partial charge in [-0.05, 0) is 51.3 Å². The summed E-state index contributed by atoms with van der Waals surface area (Å²) >= 11 is 0. The fraction of sp³-hybridized carbons (Fsp3) is 0.562. The third kappa shape index (κ3) is 3.88. The van der Waals surface area contributed by atoms with E-state index in [4.69, 9.17) is 0 Å². The van der Waals surface area contributed by atoms with Gasteiger partial charge in [0.1, 0.15) is 11.5 Å². The summed E-state index contributed by atoms with van der Waals surface area (Å²) < 4.78 is 0. The molecule has 0 radical (unpaired) electrons. The lowest BCUT2D eigenvalue weighted by Gasteiger charge is -2.30. The molecule has 0 saturated carbocycles. The molecule has 1 aliphatic heterocycles. The van der Waals surface area contributed by atoms with Gasteiger partial charge in [0.2, 0.25) is 5.91 Å². The molecule has 0 bridgehead atoms. The van der Waals surface area contributed by atoms with E-state index in [1.165, 1.54) is 24.6 Å². The molecule has 2 unspecified atom stereocenters. The molecule has 0 aromatic heterocycles. The Morgan fingerprint density at radius 3 is 2.52 bits per heavy atom. The third-order valence-corrected chi connectivity index (χ3v) is 4.02. The number of nitrogens with zero attached hydrogens (tertiary/aromatic N) is 1. The van der Waals surface area contributed by atoms with E-state index < -0.39 is 0 Å². The van der Waals surface area contributed by atoms with Gasteiger partial charge < -0.3 is 15.1 Å². The molecule has 5 heteroatoms. The van der Waals surface area contributed by atoms with Crippen molar-refractivity contribution in [3.63, 3.8) is 0 Å². The minimum absolute atomic E-state index is 0.0983. The molecule has 1 fully saturated rings. The molecule has 1 saturated heterocycles. The number of amides is 1. The predicted octanol–water partition coefficient (Wildman–Crippen LogP) is 2.15. The number of nitrogens with one attached hydrogen (secondary N) is 1. The highest BCUT2D eigenvalue weighted by atomic mass is 16.3. The van der Waals surface area contributed by atoms with Crippen LogP contribution < -0.4 is 5.32 Å². The summed E-state index contributed by atoms with van der Waals surface area (Å²) in [6.45, 7) is 5.37. The van der Waals surface area contributed by atoms with Crippen molar-refractivity contribution in [2.75, 3.05) is 13.1 Å². The van der Waals surface area contributed by atoms with Crippen LogP contribution in [0.5, 0.6) is 11.5 Å². The fourth-order valence-electron chi connectivity index (χ4n) is 2.81. The van der Waals surface area contributed by atoms with Crippen LogP contribution in [-0.2, 0) is 4.79 Å². The summed E-state index contributed by atoms with van der Waals surface area (Å²) in [6, 6.07) is 3.87. The number of carbonyl (C=O) groups excluding carboxylic acids is 1. The monoisotopic (exact) mass is 292 g/mol. The van der Waals surface area contributed by atoms with Gasteiger partial charge in [0.05, 0.1) is 6.04 Å². The normalized spacial score (nSPS) is 18.3. The highest BCUT2D eigenvalue weighted by Crippen LogP contribution is 2.28. The molecule has 1 aliphatic rings. The van der Waals surface area contributed by atoms with Crippen molar-refractivity contribution in [2.24, 2.45) is 0 Å². The summed E-state index contributed by atoms with van der Waals surface area (Å²) in [5.41, 5.74) is 0.591. The van der Waals surface area contributed by atoms with Gasteiger partial charge in [-0.1, -0.05) is 0 Å². The summed E-state index contributed by atoms with van der Waals surface area (Å²) in [7, 11) is 0. The van der Waals surface area contributed by atoms with Crippen molar-refractivity contribution in [1.29, 1.82) is 0 Å². The molecule has 1 amide bonds. The molecule has 21 heavy (non-hydrogen) atoms. The van der Waals surface area contributed by atoms with E-state index >= 15 is 0 Å². The van der Waals surface area contributed by atoms with Crippen molar-refractivity contribution in [3.05, 3.63) is 23.8 Å². The average molecular weight is 292 g/mol. The lowest BCUT2D eigenvalue weighted by Crippen LogP contribution is -2.47. The molecule has 1 aromatic rings. The first-order valence-electron chi connectivity index (χ1n) is 7.55. The number of carbonyl (C=O) groups is 1. The highest BCUT2D eigenvalue weighted by Gasteiger charge is 2.24. The zero-order valence-electron chi connectivity index (χ0n) is 12.7. The van der Waals surface area contributed by atoms with Gasteiger partial charge in [-0.15, -0.1) is 0 Å². The van der Waals surface area contributed by atoms with E-state index in [0.29, 0.717) is 5.56 Å². The van der Waals surface area contributed by atoms with Gasteiger partial charge in [0.15, 0.2) is 0 Å². The zero-order valence-corrected chi connectivity index (χ0v) is 12.7. The second-order valence-electron chi connectivity index (χ2n) is 5.74. The molecule has 5 nitrogen and oxygen atoms in total. The Morgan fingerprint density at radius 1 is 1.19 bits per heavy atom. The number of benzene rings is 1. The summed E-state index contributed by atoms with van der Waals surface area (Å²) in [4.78, 5) is 14.3. The third-order valence-electron chi connectivity index (χ3n) is 4.02. The second-order valence-corrected chi connectivity index (χ2v) is 5.74.